The Bertz CT molecular complexity index is 476. The maximum atomic E-state index is 10.5. The first-order chi connectivity index (χ1) is 6.22. The molecule has 2 heterocycles. The van der Waals surface area contributed by atoms with Gasteiger partial charge in [0.05, 0.1) is 5.52 Å². The predicted octanol–water partition coefficient (Wildman–Crippen LogP) is 2.22. The van der Waals surface area contributed by atoms with E-state index < -0.39 is 0 Å². The molecule has 0 aromatic carbocycles. The summed E-state index contributed by atoms with van der Waals surface area (Å²) in [4.78, 5) is 14.8. The highest BCUT2D eigenvalue weighted by molar-refractivity contribution is 9.10. The molecule has 0 bridgehead atoms. The van der Waals surface area contributed by atoms with Gasteiger partial charge in [-0.3, -0.25) is 4.79 Å². The molecule has 66 valence electrons. The molecule has 0 amide bonds. The van der Waals surface area contributed by atoms with Crippen LogP contribution < -0.4 is 0 Å². The van der Waals surface area contributed by atoms with Crippen molar-refractivity contribution in [3.05, 3.63) is 34.3 Å². The summed E-state index contributed by atoms with van der Waals surface area (Å²) in [7, 11) is 0. The quantitative estimate of drug-likeness (QED) is 0.715. The van der Waals surface area contributed by atoms with E-state index in [1.165, 1.54) is 0 Å². The summed E-state index contributed by atoms with van der Waals surface area (Å²) >= 11 is 3.34. The molecular formula is C9H7BrN2O. The van der Waals surface area contributed by atoms with Crippen LogP contribution in [0, 0.1) is 6.92 Å². The van der Waals surface area contributed by atoms with E-state index in [1.54, 1.807) is 12.3 Å². The number of imidazole rings is 1. The van der Waals surface area contributed by atoms with E-state index in [-0.39, 0.29) is 0 Å². The van der Waals surface area contributed by atoms with Crippen molar-refractivity contribution in [3.8, 4) is 0 Å². The van der Waals surface area contributed by atoms with E-state index in [2.05, 4.69) is 20.9 Å². The lowest BCUT2D eigenvalue weighted by Crippen LogP contribution is -1.90. The molecular weight excluding hydrogens is 232 g/mol. The van der Waals surface area contributed by atoms with Gasteiger partial charge in [0, 0.05) is 11.8 Å². The predicted molar refractivity (Wildman–Crippen MR) is 53.0 cm³/mol. The van der Waals surface area contributed by atoms with E-state index in [1.807, 2.05) is 17.4 Å². The first kappa shape index (κ1) is 8.44. The highest BCUT2D eigenvalue weighted by Crippen LogP contribution is 2.18. The smallest absolute Gasteiger partial charge is 0.151 e. The molecule has 2 aromatic heterocycles. The number of carbonyl (C=O) groups is 1. The number of hydrogen-bond donors (Lipinski definition) is 0. The number of aryl methyl sites for hydroxylation is 1. The Balaban J connectivity index is 2.83. The lowest BCUT2D eigenvalue weighted by Gasteiger charge is -1.96. The molecule has 0 saturated heterocycles. The minimum Gasteiger partial charge on any atom is -0.302 e. The van der Waals surface area contributed by atoms with Crippen LogP contribution >= 0.6 is 15.9 Å². The number of pyridine rings is 1. The maximum absolute atomic E-state index is 10.5. The standard InChI is InChI=1S/C9H7BrN2O/c1-6-11-9(10)8-3-2-7(5-13)4-12(6)8/h2-5H,1H3. The molecule has 0 unspecified atom stereocenters. The van der Waals surface area contributed by atoms with Crippen LogP contribution in [0.25, 0.3) is 5.52 Å². The minimum atomic E-state index is 0.653. The fraction of sp³-hybridized carbons (Fsp3) is 0.111. The fourth-order valence-electron chi connectivity index (χ4n) is 1.28. The van der Waals surface area contributed by atoms with Gasteiger partial charge in [-0.2, -0.15) is 0 Å². The van der Waals surface area contributed by atoms with Gasteiger partial charge in [-0.15, -0.1) is 0 Å². The van der Waals surface area contributed by atoms with Crippen LogP contribution in [0.15, 0.2) is 22.9 Å². The second-order valence-corrected chi connectivity index (χ2v) is 3.54. The van der Waals surface area contributed by atoms with Gasteiger partial charge in [-0.05, 0) is 35.0 Å². The summed E-state index contributed by atoms with van der Waals surface area (Å²) in [5.74, 6) is 0.866. The molecule has 2 aromatic rings. The van der Waals surface area contributed by atoms with Crippen molar-refractivity contribution >= 4 is 27.7 Å². The topological polar surface area (TPSA) is 34.4 Å². The molecule has 0 spiro atoms. The number of aldehydes is 1. The Kier molecular flexibility index (Phi) is 1.92. The first-order valence-corrected chi connectivity index (χ1v) is 4.61. The average Bonchev–Trinajstić information content (AvgIpc) is 2.42. The molecule has 13 heavy (non-hydrogen) atoms. The fourth-order valence-corrected chi connectivity index (χ4v) is 1.86. The van der Waals surface area contributed by atoms with Gasteiger partial charge in [0.2, 0.25) is 0 Å². The number of fused-ring (bicyclic) bond motifs is 1. The van der Waals surface area contributed by atoms with Crippen LogP contribution in [-0.2, 0) is 0 Å². The second-order valence-electron chi connectivity index (χ2n) is 2.79. The monoisotopic (exact) mass is 238 g/mol. The Hall–Kier alpha value is -1.16. The largest absolute Gasteiger partial charge is 0.302 e. The lowest BCUT2D eigenvalue weighted by molar-refractivity contribution is 0.112. The summed E-state index contributed by atoms with van der Waals surface area (Å²) in [6, 6.07) is 3.64. The van der Waals surface area contributed by atoms with Crippen molar-refractivity contribution in [1.29, 1.82) is 0 Å². The van der Waals surface area contributed by atoms with Crippen LogP contribution in [0.2, 0.25) is 0 Å². The molecule has 0 aliphatic carbocycles. The Morgan fingerprint density at radius 2 is 2.31 bits per heavy atom. The third-order valence-corrected chi connectivity index (χ3v) is 2.51. The van der Waals surface area contributed by atoms with Crippen molar-refractivity contribution in [1.82, 2.24) is 9.38 Å². The number of rotatable bonds is 1. The number of aromatic nitrogens is 2. The molecule has 4 heteroatoms. The van der Waals surface area contributed by atoms with Crippen molar-refractivity contribution in [2.75, 3.05) is 0 Å². The van der Waals surface area contributed by atoms with E-state index in [0.29, 0.717) is 5.56 Å². The van der Waals surface area contributed by atoms with E-state index >= 15 is 0 Å². The zero-order valence-electron chi connectivity index (χ0n) is 6.99. The number of hydrogen-bond acceptors (Lipinski definition) is 2. The van der Waals surface area contributed by atoms with Gasteiger partial charge in [0.1, 0.15) is 10.4 Å². The molecule has 0 atom stereocenters. The van der Waals surface area contributed by atoms with Crippen molar-refractivity contribution in [3.63, 3.8) is 0 Å². The molecule has 0 fully saturated rings. The van der Waals surface area contributed by atoms with Crippen LogP contribution in [0.3, 0.4) is 0 Å². The van der Waals surface area contributed by atoms with Crippen LogP contribution in [0.1, 0.15) is 16.2 Å². The molecule has 3 nitrogen and oxygen atoms in total. The lowest BCUT2D eigenvalue weighted by atomic mass is 10.3. The van der Waals surface area contributed by atoms with Gasteiger partial charge in [-0.25, -0.2) is 4.98 Å². The molecule has 0 aliphatic rings. The first-order valence-electron chi connectivity index (χ1n) is 3.82. The molecule has 0 saturated carbocycles. The van der Waals surface area contributed by atoms with Gasteiger partial charge in [0.15, 0.2) is 6.29 Å². The van der Waals surface area contributed by atoms with Gasteiger partial charge in [0.25, 0.3) is 0 Å². The van der Waals surface area contributed by atoms with Crippen molar-refractivity contribution < 1.29 is 4.79 Å². The highest BCUT2D eigenvalue weighted by atomic mass is 79.9. The summed E-state index contributed by atoms with van der Waals surface area (Å²) in [6.45, 7) is 1.90. The Morgan fingerprint density at radius 1 is 1.54 bits per heavy atom. The Morgan fingerprint density at radius 3 is 3.00 bits per heavy atom. The summed E-state index contributed by atoms with van der Waals surface area (Å²) in [5, 5.41) is 0. The van der Waals surface area contributed by atoms with E-state index in [0.717, 1.165) is 22.2 Å². The zero-order valence-corrected chi connectivity index (χ0v) is 8.58. The number of carbonyl (C=O) groups excluding carboxylic acids is 1. The van der Waals surface area contributed by atoms with E-state index in [9.17, 15) is 4.79 Å². The summed E-state index contributed by atoms with van der Waals surface area (Å²) in [5.41, 5.74) is 1.63. The zero-order chi connectivity index (χ0) is 9.42. The maximum Gasteiger partial charge on any atom is 0.151 e. The average molecular weight is 239 g/mol. The molecule has 0 N–H and O–H groups in total. The number of halogens is 1. The summed E-state index contributed by atoms with van der Waals surface area (Å²) in [6.07, 6.45) is 2.60. The molecule has 2 rings (SSSR count). The highest BCUT2D eigenvalue weighted by Gasteiger charge is 2.04. The van der Waals surface area contributed by atoms with Crippen LogP contribution in [0.4, 0.5) is 0 Å². The summed E-state index contributed by atoms with van der Waals surface area (Å²) < 4.78 is 2.69. The van der Waals surface area contributed by atoms with Crippen molar-refractivity contribution in [2.24, 2.45) is 0 Å². The third-order valence-electron chi connectivity index (χ3n) is 1.93. The second kappa shape index (κ2) is 2.96. The molecule has 0 radical (unpaired) electrons. The van der Waals surface area contributed by atoms with Crippen LogP contribution in [0.5, 0.6) is 0 Å². The SMILES string of the molecule is Cc1nc(Br)c2ccc(C=O)cn12. The normalized spacial score (nSPS) is 10.6. The molecule has 0 aliphatic heterocycles. The van der Waals surface area contributed by atoms with E-state index in [4.69, 9.17) is 0 Å². The van der Waals surface area contributed by atoms with Crippen LogP contribution in [-0.4, -0.2) is 15.7 Å². The Labute approximate surface area is 83.5 Å². The van der Waals surface area contributed by atoms with Gasteiger partial charge < -0.3 is 4.40 Å². The third kappa shape index (κ3) is 1.27. The van der Waals surface area contributed by atoms with Gasteiger partial charge >= 0.3 is 0 Å². The number of nitrogens with zero attached hydrogens (tertiary/aromatic N) is 2. The van der Waals surface area contributed by atoms with Crippen molar-refractivity contribution in [2.45, 2.75) is 6.92 Å². The minimum absolute atomic E-state index is 0.653. The van der Waals surface area contributed by atoms with Gasteiger partial charge in [-0.1, -0.05) is 0 Å².